The molecule has 2 rings (SSSR count). The second-order valence-corrected chi connectivity index (χ2v) is 7.85. The molecular weight excluding hydrogens is 356 g/mol. The molecule has 0 saturated carbocycles. The molecule has 1 amide bonds. The standard InChI is InChI=1S/C22H30N2O4/c1-21(2,3)22(28-20(23)26,14-16-9-6-5-7-10-16)19(25)15-24-17-11-8-12-18(13-17)27-4/h5-13,19,24-25H,14-15H2,1-4H3,(H2,23,26)/t19-,22-/m1/s1. The van der Waals surface area contributed by atoms with Crippen LogP contribution in [-0.4, -0.2) is 36.6 Å². The lowest BCUT2D eigenvalue weighted by Crippen LogP contribution is -2.60. The number of anilines is 1. The van der Waals surface area contributed by atoms with Crippen molar-refractivity contribution in [2.75, 3.05) is 19.0 Å². The highest BCUT2D eigenvalue weighted by Crippen LogP contribution is 2.40. The average molecular weight is 386 g/mol. The fraction of sp³-hybridized carbons (Fsp3) is 0.409. The Kier molecular flexibility index (Phi) is 6.91. The van der Waals surface area contributed by atoms with Gasteiger partial charge in [-0.2, -0.15) is 0 Å². The summed E-state index contributed by atoms with van der Waals surface area (Å²) >= 11 is 0. The molecule has 0 spiro atoms. The van der Waals surface area contributed by atoms with Crippen LogP contribution >= 0.6 is 0 Å². The second kappa shape index (κ2) is 8.97. The lowest BCUT2D eigenvalue weighted by molar-refractivity contribution is -0.137. The van der Waals surface area contributed by atoms with Crippen molar-refractivity contribution in [3.8, 4) is 5.75 Å². The number of hydrogen-bond acceptors (Lipinski definition) is 5. The number of nitrogens with two attached hydrogens (primary N) is 1. The monoisotopic (exact) mass is 386 g/mol. The number of amides is 1. The minimum atomic E-state index is -1.22. The maximum absolute atomic E-state index is 11.8. The number of aliphatic hydroxyl groups is 1. The Morgan fingerprint density at radius 1 is 1.14 bits per heavy atom. The van der Waals surface area contributed by atoms with E-state index in [4.69, 9.17) is 15.2 Å². The van der Waals surface area contributed by atoms with Gasteiger partial charge in [-0.15, -0.1) is 0 Å². The van der Waals surface area contributed by atoms with Crippen molar-refractivity contribution in [3.63, 3.8) is 0 Å². The minimum Gasteiger partial charge on any atom is -0.497 e. The van der Waals surface area contributed by atoms with E-state index >= 15 is 0 Å². The summed E-state index contributed by atoms with van der Waals surface area (Å²) in [5, 5.41) is 14.4. The van der Waals surface area contributed by atoms with Crippen molar-refractivity contribution in [3.05, 3.63) is 60.2 Å². The first-order valence-corrected chi connectivity index (χ1v) is 9.26. The van der Waals surface area contributed by atoms with Crippen LogP contribution in [-0.2, 0) is 11.2 Å². The zero-order chi connectivity index (χ0) is 20.8. The molecule has 2 aromatic carbocycles. The Bertz CT molecular complexity index is 774. The molecule has 2 aromatic rings. The van der Waals surface area contributed by atoms with Crippen LogP contribution in [0, 0.1) is 5.41 Å². The van der Waals surface area contributed by atoms with Crippen LogP contribution in [0.2, 0.25) is 0 Å². The van der Waals surface area contributed by atoms with Gasteiger partial charge in [0.15, 0.2) is 5.60 Å². The third-order valence-electron chi connectivity index (χ3n) is 4.97. The summed E-state index contributed by atoms with van der Waals surface area (Å²) in [6.07, 6.45) is -1.58. The van der Waals surface area contributed by atoms with Crippen LogP contribution in [0.15, 0.2) is 54.6 Å². The van der Waals surface area contributed by atoms with E-state index in [9.17, 15) is 9.90 Å². The summed E-state index contributed by atoms with van der Waals surface area (Å²) < 4.78 is 10.9. The van der Waals surface area contributed by atoms with Gasteiger partial charge in [0, 0.05) is 30.1 Å². The Balaban J connectivity index is 2.31. The predicted molar refractivity (Wildman–Crippen MR) is 110 cm³/mol. The van der Waals surface area contributed by atoms with E-state index in [0.29, 0.717) is 12.2 Å². The molecule has 6 nitrogen and oxygen atoms in total. The number of ether oxygens (including phenoxy) is 2. The van der Waals surface area contributed by atoms with E-state index in [-0.39, 0.29) is 6.54 Å². The highest BCUT2D eigenvalue weighted by molar-refractivity contribution is 5.65. The van der Waals surface area contributed by atoms with Crippen LogP contribution in [0.25, 0.3) is 0 Å². The molecule has 2 atom stereocenters. The number of aliphatic hydroxyl groups excluding tert-OH is 1. The quantitative estimate of drug-likeness (QED) is 0.645. The van der Waals surface area contributed by atoms with Gasteiger partial charge in [0.2, 0.25) is 0 Å². The first kappa shape index (κ1) is 21.6. The number of nitrogens with one attached hydrogen (secondary N) is 1. The van der Waals surface area contributed by atoms with Crippen molar-refractivity contribution in [1.29, 1.82) is 0 Å². The lowest BCUT2D eigenvalue weighted by Gasteiger charge is -2.46. The Morgan fingerprint density at radius 3 is 2.39 bits per heavy atom. The molecule has 0 heterocycles. The van der Waals surface area contributed by atoms with Crippen molar-refractivity contribution >= 4 is 11.8 Å². The van der Waals surface area contributed by atoms with Gasteiger partial charge in [-0.1, -0.05) is 57.2 Å². The topological polar surface area (TPSA) is 93.8 Å². The van der Waals surface area contributed by atoms with Crippen molar-refractivity contribution in [2.24, 2.45) is 11.1 Å². The molecule has 0 radical (unpaired) electrons. The minimum absolute atomic E-state index is 0.171. The van der Waals surface area contributed by atoms with Gasteiger partial charge in [0.1, 0.15) is 11.9 Å². The predicted octanol–water partition coefficient (Wildman–Crippen LogP) is 3.59. The van der Waals surface area contributed by atoms with Gasteiger partial charge in [-0.25, -0.2) is 4.79 Å². The summed E-state index contributed by atoms with van der Waals surface area (Å²) in [6.45, 7) is 5.94. The van der Waals surface area contributed by atoms with E-state index in [1.165, 1.54) is 0 Å². The maximum atomic E-state index is 11.8. The molecule has 0 aromatic heterocycles. The van der Waals surface area contributed by atoms with E-state index in [0.717, 1.165) is 11.3 Å². The highest BCUT2D eigenvalue weighted by Gasteiger charge is 2.51. The van der Waals surface area contributed by atoms with Crippen LogP contribution in [0.1, 0.15) is 26.3 Å². The molecule has 0 saturated heterocycles. The van der Waals surface area contributed by atoms with Crippen molar-refractivity contribution in [2.45, 2.75) is 38.9 Å². The van der Waals surface area contributed by atoms with E-state index < -0.39 is 23.2 Å². The Labute approximate surface area is 166 Å². The summed E-state index contributed by atoms with van der Waals surface area (Å²) in [5.41, 5.74) is 5.35. The fourth-order valence-corrected chi connectivity index (χ4v) is 3.33. The van der Waals surface area contributed by atoms with Gasteiger partial charge in [-0.3, -0.25) is 0 Å². The summed E-state index contributed by atoms with van der Waals surface area (Å²) in [4.78, 5) is 11.8. The molecule has 4 N–H and O–H groups in total. The third kappa shape index (κ3) is 5.16. The molecule has 0 aliphatic heterocycles. The zero-order valence-electron chi connectivity index (χ0n) is 16.9. The van der Waals surface area contributed by atoms with Crippen molar-refractivity contribution in [1.82, 2.24) is 0 Å². The van der Waals surface area contributed by atoms with Gasteiger partial charge < -0.3 is 25.6 Å². The molecular formula is C22H30N2O4. The van der Waals surface area contributed by atoms with E-state index in [1.54, 1.807) is 7.11 Å². The highest BCUT2D eigenvalue weighted by atomic mass is 16.6. The summed E-state index contributed by atoms with van der Waals surface area (Å²) in [7, 11) is 1.60. The first-order valence-electron chi connectivity index (χ1n) is 9.26. The van der Waals surface area contributed by atoms with Crippen LogP contribution in [0.3, 0.4) is 0 Å². The molecule has 0 fully saturated rings. The Morgan fingerprint density at radius 2 is 1.82 bits per heavy atom. The van der Waals surface area contributed by atoms with Gasteiger partial charge in [0.25, 0.3) is 0 Å². The normalized spacial score (nSPS) is 14.6. The number of primary amides is 1. The second-order valence-electron chi connectivity index (χ2n) is 7.85. The van der Waals surface area contributed by atoms with Crippen LogP contribution < -0.4 is 15.8 Å². The molecule has 0 unspecified atom stereocenters. The maximum Gasteiger partial charge on any atom is 0.405 e. The largest absolute Gasteiger partial charge is 0.497 e. The lowest BCUT2D eigenvalue weighted by atomic mass is 9.69. The summed E-state index contributed by atoms with van der Waals surface area (Å²) in [6, 6.07) is 17.0. The number of hydrogen-bond donors (Lipinski definition) is 3. The number of methoxy groups -OCH3 is 1. The number of benzene rings is 2. The van der Waals surface area contributed by atoms with Crippen LogP contribution in [0.4, 0.5) is 10.5 Å². The van der Waals surface area contributed by atoms with Crippen LogP contribution in [0.5, 0.6) is 5.75 Å². The number of carbonyl (C=O) groups is 1. The smallest absolute Gasteiger partial charge is 0.405 e. The van der Waals surface area contributed by atoms with Gasteiger partial charge >= 0.3 is 6.09 Å². The first-order chi connectivity index (χ1) is 13.2. The Hall–Kier alpha value is -2.73. The number of rotatable bonds is 8. The van der Waals surface area contributed by atoms with Gasteiger partial charge in [-0.05, 0) is 17.7 Å². The molecule has 0 aliphatic rings. The fourth-order valence-electron chi connectivity index (χ4n) is 3.33. The molecule has 6 heteroatoms. The average Bonchev–Trinajstić information content (AvgIpc) is 2.65. The SMILES string of the molecule is COc1cccc(NC[C@@H](O)[C@@](Cc2ccccc2)(OC(N)=O)C(C)(C)C)c1. The van der Waals surface area contributed by atoms with E-state index in [1.807, 2.05) is 75.4 Å². The van der Waals surface area contributed by atoms with Crippen molar-refractivity contribution < 1.29 is 19.4 Å². The summed E-state index contributed by atoms with van der Waals surface area (Å²) in [5.74, 6) is 0.708. The molecule has 28 heavy (non-hydrogen) atoms. The zero-order valence-corrected chi connectivity index (χ0v) is 16.9. The third-order valence-corrected chi connectivity index (χ3v) is 4.97. The molecule has 0 bridgehead atoms. The van der Waals surface area contributed by atoms with E-state index in [2.05, 4.69) is 5.32 Å². The molecule has 0 aliphatic carbocycles. The van der Waals surface area contributed by atoms with Gasteiger partial charge in [0.05, 0.1) is 7.11 Å². The number of carbonyl (C=O) groups excluding carboxylic acids is 1. The molecule has 152 valence electrons.